The number of hydrogen-bond acceptors (Lipinski definition) is 4. The summed E-state index contributed by atoms with van der Waals surface area (Å²) in [7, 11) is 0. The van der Waals surface area contributed by atoms with Gasteiger partial charge in [0.1, 0.15) is 16.7 Å². The summed E-state index contributed by atoms with van der Waals surface area (Å²) in [5, 5.41) is 2.61. The quantitative estimate of drug-likeness (QED) is 0.602. The molecule has 2 aromatic rings. The molecule has 1 heterocycles. The number of rotatable bonds is 5. The van der Waals surface area contributed by atoms with Gasteiger partial charge in [-0.2, -0.15) is 0 Å². The molecule has 3 nitrogen and oxygen atoms in total. The Morgan fingerprint density at radius 3 is 2.36 bits per heavy atom. The monoisotopic (exact) mass is 369 g/mol. The van der Waals surface area contributed by atoms with Crippen LogP contribution in [0.4, 0.5) is 0 Å². The fourth-order valence-electron chi connectivity index (χ4n) is 2.40. The minimum Gasteiger partial charge on any atom is -0.489 e. The fourth-order valence-corrected chi connectivity index (χ4v) is 3.44. The minimum absolute atomic E-state index is 0.139. The highest BCUT2D eigenvalue weighted by Gasteiger charge is 2.21. The van der Waals surface area contributed by atoms with E-state index in [1.54, 1.807) is 0 Å². The predicted octanol–water partition coefficient (Wildman–Crippen LogP) is 4.88. The molecule has 1 N–H and O–H groups in total. The van der Waals surface area contributed by atoms with Gasteiger partial charge < -0.3 is 10.1 Å². The second-order valence-electron chi connectivity index (χ2n) is 6.11. The highest BCUT2D eigenvalue weighted by atomic mass is 32.2. The lowest BCUT2D eigenvalue weighted by Gasteiger charge is -2.09. The Labute approximate surface area is 157 Å². The Bertz CT molecular complexity index is 809. The summed E-state index contributed by atoms with van der Waals surface area (Å²) in [6, 6.07) is 16.2. The smallest absolute Gasteiger partial charge is 0.263 e. The number of hydrogen-bond donors (Lipinski definition) is 1. The maximum Gasteiger partial charge on any atom is 0.263 e. The molecule has 25 heavy (non-hydrogen) atoms. The van der Waals surface area contributed by atoms with Gasteiger partial charge in [-0.3, -0.25) is 4.79 Å². The maximum atomic E-state index is 11.7. The average molecular weight is 370 g/mol. The van der Waals surface area contributed by atoms with Crippen LogP contribution in [0.15, 0.2) is 53.4 Å². The molecule has 0 unspecified atom stereocenters. The third kappa shape index (κ3) is 4.71. The summed E-state index contributed by atoms with van der Waals surface area (Å²) in [4.78, 5) is 12.3. The molecule has 0 bridgehead atoms. The van der Waals surface area contributed by atoms with Crippen molar-refractivity contribution in [3.05, 3.63) is 70.1 Å². The number of thioether (sulfide) groups is 1. The van der Waals surface area contributed by atoms with Gasteiger partial charge in [-0.25, -0.2) is 0 Å². The first-order valence-electron chi connectivity index (χ1n) is 8.08. The Morgan fingerprint density at radius 1 is 1.12 bits per heavy atom. The van der Waals surface area contributed by atoms with E-state index in [9.17, 15) is 4.79 Å². The summed E-state index contributed by atoms with van der Waals surface area (Å²) in [6.07, 6.45) is 1.83. The van der Waals surface area contributed by atoms with Crippen molar-refractivity contribution in [1.82, 2.24) is 5.32 Å². The largest absolute Gasteiger partial charge is 0.489 e. The van der Waals surface area contributed by atoms with E-state index in [0.29, 0.717) is 21.8 Å². The Morgan fingerprint density at radius 2 is 1.80 bits per heavy atom. The summed E-state index contributed by atoms with van der Waals surface area (Å²) >= 11 is 6.27. The van der Waals surface area contributed by atoms with E-state index in [4.69, 9.17) is 17.0 Å². The van der Waals surface area contributed by atoms with Crippen molar-refractivity contribution in [1.29, 1.82) is 0 Å². The number of carbonyl (C=O) groups excluding carboxylic acids is 1. The topological polar surface area (TPSA) is 38.3 Å². The van der Waals surface area contributed by atoms with Gasteiger partial charge in [0.15, 0.2) is 0 Å². The van der Waals surface area contributed by atoms with E-state index in [0.717, 1.165) is 16.9 Å². The standard InChI is InChI=1S/C20H19NO2S2/c1-13(2)16-7-3-15(4-8-16)12-23-17-9-5-14(6-10-17)11-18-19(22)21-20(24)25-18/h3-11,13H,12H2,1-2H3,(H,21,22,24). The van der Waals surface area contributed by atoms with E-state index >= 15 is 0 Å². The van der Waals surface area contributed by atoms with Crippen LogP contribution in [0, 0.1) is 0 Å². The van der Waals surface area contributed by atoms with Crippen LogP contribution < -0.4 is 10.1 Å². The zero-order valence-electron chi connectivity index (χ0n) is 14.1. The van der Waals surface area contributed by atoms with Crippen LogP contribution in [0.25, 0.3) is 6.08 Å². The van der Waals surface area contributed by atoms with Crippen LogP contribution in [0.5, 0.6) is 5.75 Å². The van der Waals surface area contributed by atoms with Crippen molar-refractivity contribution in [2.24, 2.45) is 0 Å². The lowest BCUT2D eigenvalue weighted by Crippen LogP contribution is -2.17. The molecule has 1 fully saturated rings. The molecule has 1 saturated heterocycles. The second kappa shape index (κ2) is 7.85. The van der Waals surface area contributed by atoms with Crippen LogP contribution >= 0.6 is 24.0 Å². The molecule has 3 rings (SSSR count). The zero-order valence-corrected chi connectivity index (χ0v) is 15.7. The first-order valence-corrected chi connectivity index (χ1v) is 9.30. The molecule has 5 heteroatoms. The number of ether oxygens (including phenoxy) is 1. The minimum atomic E-state index is -0.139. The van der Waals surface area contributed by atoms with Crippen LogP contribution in [-0.2, 0) is 11.4 Å². The zero-order chi connectivity index (χ0) is 17.8. The van der Waals surface area contributed by atoms with Gasteiger partial charge in [0.05, 0.1) is 4.91 Å². The van der Waals surface area contributed by atoms with E-state index in [1.165, 1.54) is 17.3 Å². The normalized spacial score (nSPS) is 15.7. The molecule has 0 saturated carbocycles. The Hall–Kier alpha value is -2.11. The van der Waals surface area contributed by atoms with Gasteiger partial charge in [-0.1, -0.05) is 74.2 Å². The van der Waals surface area contributed by atoms with Gasteiger partial charge in [-0.15, -0.1) is 0 Å². The van der Waals surface area contributed by atoms with Crippen molar-refractivity contribution in [2.45, 2.75) is 26.4 Å². The van der Waals surface area contributed by atoms with Gasteiger partial charge in [-0.05, 0) is 40.8 Å². The summed E-state index contributed by atoms with van der Waals surface area (Å²) in [6.45, 7) is 4.90. The molecular weight excluding hydrogens is 350 g/mol. The molecule has 128 valence electrons. The number of benzene rings is 2. The average Bonchev–Trinajstić information content (AvgIpc) is 2.92. The van der Waals surface area contributed by atoms with Crippen LogP contribution in [0.1, 0.15) is 36.5 Å². The van der Waals surface area contributed by atoms with Crippen molar-refractivity contribution < 1.29 is 9.53 Å². The molecule has 1 aliphatic heterocycles. The Balaban J connectivity index is 1.60. The predicted molar refractivity (Wildman–Crippen MR) is 108 cm³/mol. The molecule has 1 amide bonds. The number of carbonyl (C=O) groups is 1. The third-order valence-electron chi connectivity index (χ3n) is 3.87. The van der Waals surface area contributed by atoms with E-state index in [-0.39, 0.29) is 5.91 Å². The number of amides is 1. The number of nitrogens with one attached hydrogen (secondary N) is 1. The first-order chi connectivity index (χ1) is 12.0. The molecule has 0 atom stereocenters. The van der Waals surface area contributed by atoms with Crippen molar-refractivity contribution in [2.75, 3.05) is 0 Å². The summed E-state index contributed by atoms with van der Waals surface area (Å²) in [5.41, 5.74) is 3.41. The van der Waals surface area contributed by atoms with Gasteiger partial charge in [0.2, 0.25) is 0 Å². The van der Waals surface area contributed by atoms with Crippen LogP contribution in [0.3, 0.4) is 0 Å². The van der Waals surface area contributed by atoms with Gasteiger partial charge >= 0.3 is 0 Å². The fraction of sp³-hybridized carbons (Fsp3) is 0.200. The highest BCUT2D eigenvalue weighted by Crippen LogP contribution is 2.26. The van der Waals surface area contributed by atoms with Crippen LogP contribution in [-0.4, -0.2) is 10.2 Å². The van der Waals surface area contributed by atoms with E-state index < -0.39 is 0 Å². The lowest BCUT2D eigenvalue weighted by atomic mass is 10.0. The van der Waals surface area contributed by atoms with Crippen molar-refractivity contribution in [3.63, 3.8) is 0 Å². The molecule has 0 aliphatic carbocycles. The lowest BCUT2D eigenvalue weighted by molar-refractivity contribution is -0.115. The molecule has 2 aromatic carbocycles. The third-order valence-corrected chi connectivity index (χ3v) is 5.03. The Kier molecular flexibility index (Phi) is 5.56. The SMILES string of the molecule is CC(C)c1ccc(COc2ccc(C=C3SC(=S)NC3=O)cc2)cc1. The highest BCUT2D eigenvalue weighted by molar-refractivity contribution is 8.26. The maximum absolute atomic E-state index is 11.7. The first kappa shape index (κ1) is 17.7. The molecule has 0 aromatic heterocycles. The van der Waals surface area contributed by atoms with Gasteiger partial charge in [0.25, 0.3) is 5.91 Å². The number of thiocarbonyl (C=S) groups is 1. The summed E-state index contributed by atoms with van der Waals surface area (Å²) in [5.74, 6) is 1.19. The molecule has 1 aliphatic rings. The molecule has 0 radical (unpaired) electrons. The second-order valence-corrected chi connectivity index (χ2v) is 7.83. The molecule has 0 spiro atoms. The van der Waals surface area contributed by atoms with Crippen molar-refractivity contribution in [3.8, 4) is 5.75 Å². The van der Waals surface area contributed by atoms with Crippen LogP contribution in [0.2, 0.25) is 0 Å². The summed E-state index contributed by atoms with van der Waals surface area (Å²) < 4.78 is 6.33. The van der Waals surface area contributed by atoms with Crippen molar-refractivity contribution >= 4 is 40.3 Å². The van der Waals surface area contributed by atoms with E-state index in [2.05, 4.69) is 43.4 Å². The van der Waals surface area contributed by atoms with Gasteiger partial charge in [0, 0.05) is 0 Å². The molecular formula is C20H19NO2S2. The van der Waals surface area contributed by atoms with E-state index in [1.807, 2.05) is 30.3 Å².